The largest absolute Gasteiger partial charge is 0.489 e. The first-order chi connectivity index (χ1) is 18.8. The second kappa shape index (κ2) is 11.4. The molecule has 0 saturated carbocycles. The first-order valence-corrected chi connectivity index (χ1v) is 13.2. The van der Waals surface area contributed by atoms with Crippen molar-refractivity contribution in [3.63, 3.8) is 0 Å². The first-order valence-electron chi connectivity index (χ1n) is 11.7. The molecule has 4 aromatic carbocycles. The molecule has 194 valence electrons. The van der Waals surface area contributed by atoms with Crippen LogP contribution in [-0.2, 0) is 6.61 Å². The Morgan fingerprint density at radius 1 is 1.00 bits per heavy atom. The molecule has 39 heavy (non-hydrogen) atoms. The number of nitrogens with two attached hydrogens (primary N) is 1. The van der Waals surface area contributed by atoms with Crippen molar-refractivity contribution < 1.29 is 19.0 Å². The molecule has 0 aliphatic carbocycles. The Bertz CT molecular complexity index is 1650. The normalized spacial score (nSPS) is 14.2. The van der Waals surface area contributed by atoms with Gasteiger partial charge in [-0.1, -0.05) is 59.6 Å². The van der Waals surface area contributed by atoms with Gasteiger partial charge in [0.25, 0.3) is 0 Å². The lowest BCUT2D eigenvalue weighted by Gasteiger charge is -2.27. The van der Waals surface area contributed by atoms with Gasteiger partial charge < -0.3 is 19.9 Å². The quantitative estimate of drug-likeness (QED) is 0.175. The number of hydrogen-bond donors (Lipinski definition) is 1. The number of allylic oxidation sites excluding steroid dienone is 1. The number of nitriles is 1. The van der Waals surface area contributed by atoms with E-state index in [4.69, 9.17) is 43.1 Å². The molecule has 0 fully saturated rings. The van der Waals surface area contributed by atoms with Crippen molar-refractivity contribution in [3.05, 3.63) is 133 Å². The van der Waals surface area contributed by atoms with E-state index in [0.717, 1.165) is 11.1 Å². The van der Waals surface area contributed by atoms with Crippen molar-refractivity contribution in [1.29, 1.82) is 5.26 Å². The van der Waals surface area contributed by atoms with Gasteiger partial charge in [0, 0.05) is 31.7 Å². The van der Waals surface area contributed by atoms with Gasteiger partial charge in [0.2, 0.25) is 5.88 Å². The third-order valence-corrected chi connectivity index (χ3v) is 7.40. The first kappa shape index (κ1) is 26.6. The summed E-state index contributed by atoms with van der Waals surface area (Å²) in [7, 11) is 0. The van der Waals surface area contributed by atoms with Gasteiger partial charge >= 0.3 is 5.97 Å². The van der Waals surface area contributed by atoms with Gasteiger partial charge in [-0.25, -0.2) is 4.79 Å². The summed E-state index contributed by atoms with van der Waals surface area (Å²) >= 11 is 15.6. The third kappa shape index (κ3) is 5.74. The second-order valence-corrected chi connectivity index (χ2v) is 10.3. The van der Waals surface area contributed by atoms with E-state index in [2.05, 4.69) is 22.0 Å². The van der Waals surface area contributed by atoms with Crippen molar-refractivity contribution in [2.45, 2.75) is 12.5 Å². The number of esters is 1. The molecule has 2 N–H and O–H groups in total. The van der Waals surface area contributed by atoms with Crippen LogP contribution in [-0.4, -0.2) is 5.97 Å². The Hall–Kier alpha value is -3.96. The van der Waals surface area contributed by atoms with E-state index in [0.29, 0.717) is 37.1 Å². The molecule has 1 unspecified atom stereocenters. The average molecular weight is 622 g/mol. The number of nitrogens with zero attached hydrogens (tertiary/aromatic N) is 1. The Balaban J connectivity index is 1.38. The molecule has 5 rings (SSSR count). The van der Waals surface area contributed by atoms with Gasteiger partial charge in [0.1, 0.15) is 35.5 Å². The van der Waals surface area contributed by atoms with Crippen molar-refractivity contribution in [2.24, 2.45) is 5.73 Å². The fraction of sp³-hybridized carbons (Fsp3) is 0.0667. The molecule has 0 bridgehead atoms. The summed E-state index contributed by atoms with van der Waals surface area (Å²) in [5.41, 5.74) is 9.14. The topological polar surface area (TPSA) is 94.6 Å². The highest BCUT2D eigenvalue weighted by Gasteiger charge is 2.31. The summed E-state index contributed by atoms with van der Waals surface area (Å²) in [5, 5.41) is 10.9. The molecule has 4 aromatic rings. The van der Waals surface area contributed by atoms with E-state index >= 15 is 0 Å². The maximum absolute atomic E-state index is 12.7. The minimum atomic E-state index is -0.522. The van der Waals surface area contributed by atoms with Crippen LogP contribution in [0.3, 0.4) is 0 Å². The fourth-order valence-electron chi connectivity index (χ4n) is 4.19. The van der Waals surface area contributed by atoms with Crippen LogP contribution in [0.15, 0.2) is 101 Å². The van der Waals surface area contributed by atoms with Gasteiger partial charge in [0.05, 0.1) is 11.5 Å². The molecule has 0 radical (unpaired) electrons. The number of carbonyl (C=O) groups is 1. The van der Waals surface area contributed by atoms with Gasteiger partial charge in [-0.15, -0.1) is 0 Å². The van der Waals surface area contributed by atoms with Gasteiger partial charge in [-0.05, 0) is 64.0 Å². The molecule has 1 aliphatic heterocycles. The molecular weight excluding hydrogens is 603 g/mol. The van der Waals surface area contributed by atoms with Gasteiger partial charge in [0.15, 0.2) is 0 Å². The minimum absolute atomic E-state index is 0.0120. The molecule has 1 atom stereocenters. The maximum atomic E-state index is 12.7. The Labute approximate surface area is 243 Å². The number of halogens is 3. The van der Waals surface area contributed by atoms with Crippen molar-refractivity contribution in [3.8, 4) is 23.3 Å². The number of benzene rings is 4. The average Bonchev–Trinajstić information content (AvgIpc) is 2.92. The summed E-state index contributed by atoms with van der Waals surface area (Å²) in [4.78, 5) is 12.7. The number of fused-ring (bicyclic) bond motifs is 1. The lowest BCUT2D eigenvalue weighted by atomic mass is 9.83. The predicted molar refractivity (Wildman–Crippen MR) is 152 cm³/mol. The fourth-order valence-corrected chi connectivity index (χ4v) is 5.10. The molecule has 0 spiro atoms. The van der Waals surface area contributed by atoms with E-state index in [1.54, 1.807) is 48.5 Å². The summed E-state index contributed by atoms with van der Waals surface area (Å²) in [5.74, 6) is 0.291. The Kier molecular flexibility index (Phi) is 7.80. The Morgan fingerprint density at radius 3 is 2.46 bits per heavy atom. The molecule has 0 aromatic heterocycles. The molecule has 6 nitrogen and oxygen atoms in total. The highest BCUT2D eigenvalue weighted by Crippen LogP contribution is 2.43. The number of carbonyl (C=O) groups excluding carboxylic acids is 1. The van der Waals surface area contributed by atoms with E-state index in [1.807, 2.05) is 36.4 Å². The number of ether oxygens (including phenoxy) is 3. The van der Waals surface area contributed by atoms with Crippen LogP contribution in [0.4, 0.5) is 0 Å². The number of hydrogen-bond acceptors (Lipinski definition) is 6. The zero-order valence-electron chi connectivity index (χ0n) is 20.2. The molecule has 0 saturated heterocycles. The number of rotatable bonds is 6. The Morgan fingerprint density at radius 2 is 1.74 bits per heavy atom. The van der Waals surface area contributed by atoms with Crippen LogP contribution in [0.25, 0.3) is 0 Å². The van der Waals surface area contributed by atoms with E-state index < -0.39 is 11.9 Å². The third-order valence-electron chi connectivity index (χ3n) is 6.12. The van der Waals surface area contributed by atoms with Crippen LogP contribution in [0, 0.1) is 11.3 Å². The summed E-state index contributed by atoms with van der Waals surface area (Å²) in [6.07, 6.45) is 0. The monoisotopic (exact) mass is 620 g/mol. The summed E-state index contributed by atoms with van der Waals surface area (Å²) in [6, 6.07) is 26.8. The molecule has 9 heteroatoms. The zero-order valence-corrected chi connectivity index (χ0v) is 23.3. The van der Waals surface area contributed by atoms with Crippen molar-refractivity contribution >= 4 is 45.1 Å². The lowest BCUT2D eigenvalue weighted by Crippen LogP contribution is -2.21. The molecular formula is C30H19BrCl2N2O4. The molecule has 0 amide bonds. The van der Waals surface area contributed by atoms with Gasteiger partial charge in [-0.2, -0.15) is 5.26 Å². The van der Waals surface area contributed by atoms with Crippen molar-refractivity contribution in [2.75, 3.05) is 0 Å². The van der Waals surface area contributed by atoms with Crippen LogP contribution in [0.5, 0.6) is 17.2 Å². The van der Waals surface area contributed by atoms with Crippen molar-refractivity contribution in [1.82, 2.24) is 0 Å². The van der Waals surface area contributed by atoms with Gasteiger partial charge in [-0.3, -0.25) is 0 Å². The van der Waals surface area contributed by atoms with Crippen LogP contribution < -0.4 is 19.9 Å². The van der Waals surface area contributed by atoms with E-state index in [9.17, 15) is 10.1 Å². The summed E-state index contributed by atoms with van der Waals surface area (Å²) < 4.78 is 17.8. The highest BCUT2D eigenvalue weighted by atomic mass is 79.9. The smallest absolute Gasteiger partial charge is 0.344 e. The van der Waals surface area contributed by atoms with Crippen LogP contribution in [0.2, 0.25) is 10.0 Å². The minimum Gasteiger partial charge on any atom is -0.489 e. The standard InChI is InChI=1S/C30H19BrCl2N2O4/c31-25-4-2-1-3-22(25)30(36)38-21-11-12-23-27(14-21)39-29(35)24(15-34)28(23)17-6-9-20(10-7-17)37-16-18-5-8-19(32)13-26(18)33/h1-14,28H,16,35H2. The van der Waals surface area contributed by atoms with E-state index in [-0.39, 0.29) is 23.8 Å². The highest BCUT2D eigenvalue weighted by molar-refractivity contribution is 9.10. The predicted octanol–water partition coefficient (Wildman–Crippen LogP) is 7.77. The van der Waals surface area contributed by atoms with Crippen LogP contribution >= 0.6 is 39.1 Å². The maximum Gasteiger partial charge on any atom is 0.344 e. The lowest BCUT2D eigenvalue weighted by molar-refractivity contribution is 0.0733. The molecule has 1 aliphatic rings. The zero-order chi connectivity index (χ0) is 27.5. The van der Waals surface area contributed by atoms with E-state index in [1.165, 1.54) is 0 Å². The molecule has 1 heterocycles. The van der Waals surface area contributed by atoms with Crippen LogP contribution in [0.1, 0.15) is 33.0 Å². The SMILES string of the molecule is N#CC1=C(N)Oc2cc(OC(=O)c3ccccc3Br)ccc2C1c1ccc(OCc2ccc(Cl)cc2Cl)cc1. The second-order valence-electron chi connectivity index (χ2n) is 8.59. The summed E-state index contributed by atoms with van der Waals surface area (Å²) in [6.45, 7) is 0.271.